The first-order valence-electron chi connectivity index (χ1n) is 11.3. The molecule has 3 heterocycles. The number of hydrogen-bond donors (Lipinski definition) is 0. The summed E-state index contributed by atoms with van der Waals surface area (Å²) in [7, 11) is 2.13. The smallest absolute Gasteiger partial charge is 0.410 e. The van der Waals surface area contributed by atoms with Gasteiger partial charge in [0, 0.05) is 45.0 Å². The summed E-state index contributed by atoms with van der Waals surface area (Å²) in [6.45, 7) is 11.7. The van der Waals surface area contributed by atoms with Gasteiger partial charge in [-0.15, -0.1) is 0 Å². The summed E-state index contributed by atoms with van der Waals surface area (Å²) in [6.07, 6.45) is 3.57. The predicted molar refractivity (Wildman–Crippen MR) is 121 cm³/mol. The van der Waals surface area contributed by atoms with Crippen LogP contribution >= 0.6 is 0 Å². The van der Waals surface area contributed by atoms with E-state index in [4.69, 9.17) is 4.74 Å². The van der Waals surface area contributed by atoms with Gasteiger partial charge in [0.1, 0.15) is 11.4 Å². The van der Waals surface area contributed by atoms with Gasteiger partial charge in [-0.3, -0.25) is 4.90 Å². The van der Waals surface area contributed by atoms with Crippen molar-refractivity contribution in [3.8, 4) is 0 Å². The van der Waals surface area contributed by atoms with Crippen LogP contribution in [0.15, 0.2) is 36.8 Å². The van der Waals surface area contributed by atoms with E-state index < -0.39 is 5.60 Å². The largest absolute Gasteiger partial charge is 0.444 e. The van der Waals surface area contributed by atoms with Gasteiger partial charge in [-0.1, -0.05) is 12.1 Å². The molecule has 0 saturated carbocycles. The van der Waals surface area contributed by atoms with E-state index in [-0.39, 0.29) is 30.0 Å². The lowest BCUT2D eigenvalue weighted by Gasteiger charge is -2.50. The molecule has 3 atom stereocenters. The van der Waals surface area contributed by atoms with Crippen LogP contribution in [0.3, 0.4) is 0 Å². The number of fused-ring (bicyclic) bond motifs is 1. The molecule has 2 fully saturated rings. The van der Waals surface area contributed by atoms with Gasteiger partial charge in [-0.25, -0.2) is 14.2 Å². The molecule has 2 saturated heterocycles. The summed E-state index contributed by atoms with van der Waals surface area (Å²) in [5.41, 5.74) is 1.69. The molecule has 0 radical (unpaired) electrons. The summed E-state index contributed by atoms with van der Waals surface area (Å²) in [5.74, 6) is -0.230. The van der Waals surface area contributed by atoms with Crippen molar-refractivity contribution in [2.24, 2.45) is 0 Å². The molecule has 7 nitrogen and oxygen atoms in total. The van der Waals surface area contributed by atoms with Crippen LogP contribution in [0.1, 0.15) is 51.0 Å². The number of amides is 1. The quantitative estimate of drug-likeness (QED) is 0.726. The van der Waals surface area contributed by atoms with E-state index in [9.17, 15) is 9.18 Å². The van der Waals surface area contributed by atoms with Crippen molar-refractivity contribution in [2.75, 3.05) is 39.8 Å². The number of imidazole rings is 1. The average molecular weight is 444 g/mol. The molecule has 3 unspecified atom stereocenters. The van der Waals surface area contributed by atoms with E-state index in [0.717, 1.165) is 30.9 Å². The number of piperazine rings is 2. The van der Waals surface area contributed by atoms with Crippen molar-refractivity contribution in [2.45, 2.75) is 51.4 Å². The van der Waals surface area contributed by atoms with Crippen LogP contribution in [0.5, 0.6) is 0 Å². The number of benzene rings is 1. The van der Waals surface area contributed by atoms with E-state index in [2.05, 4.69) is 33.3 Å². The zero-order valence-electron chi connectivity index (χ0n) is 19.7. The fourth-order valence-corrected chi connectivity index (χ4v) is 4.83. The lowest BCUT2D eigenvalue weighted by atomic mass is 10.00. The zero-order valence-corrected chi connectivity index (χ0v) is 19.7. The third-order valence-corrected chi connectivity index (χ3v) is 6.39. The summed E-state index contributed by atoms with van der Waals surface area (Å²) in [4.78, 5) is 23.8. The summed E-state index contributed by atoms with van der Waals surface area (Å²) < 4.78 is 21.2. The second kappa shape index (κ2) is 8.83. The molecule has 1 aromatic carbocycles. The fraction of sp³-hybridized carbons (Fsp3) is 0.583. The second-order valence-electron chi connectivity index (χ2n) is 10.0. The Morgan fingerprint density at radius 3 is 2.56 bits per heavy atom. The highest BCUT2D eigenvalue weighted by Gasteiger charge is 2.41. The number of carbonyl (C=O) groups excluding carboxylic acids is 1. The van der Waals surface area contributed by atoms with Crippen LogP contribution in [-0.2, 0) is 4.74 Å². The van der Waals surface area contributed by atoms with Crippen molar-refractivity contribution in [3.63, 3.8) is 0 Å². The van der Waals surface area contributed by atoms with E-state index >= 15 is 0 Å². The minimum atomic E-state index is -0.497. The van der Waals surface area contributed by atoms with Crippen LogP contribution in [0.4, 0.5) is 9.18 Å². The van der Waals surface area contributed by atoms with Crippen LogP contribution < -0.4 is 0 Å². The SMILES string of the molecule is CC(c1ccc(F)cc1)n1cncc1C1CN(C)CC2CN(C(=O)OC(C)(C)C)CCN21. The molecule has 2 aromatic rings. The Balaban J connectivity index is 1.54. The Hall–Kier alpha value is -2.45. The van der Waals surface area contributed by atoms with Crippen LogP contribution in [0, 0.1) is 5.82 Å². The van der Waals surface area contributed by atoms with Gasteiger partial charge in [-0.05, 0) is 52.4 Å². The molecular weight excluding hydrogens is 409 g/mol. The molecule has 0 aliphatic carbocycles. The van der Waals surface area contributed by atoms with Gasteiger partial charge in [0.2, 0.25) is 0 Å². The molecule has 0 bridgehead atoms. The number of halogens is 1. The highest BCUT2D eigenvalue weighted by Crippen LogP contribution is 2.33. The summed E-state index contributed by atoms with van der Waals surface area (Å²) >= 11 is 0. The normalized spacial score (nSPS) is 23.6. The van der Waals surface area contributed by atoms with Gasteiger partial charge in [0.25, 0.3) is 0 Å². The van der Waals surface area contributed by atoms with E-state index in [1.165, 1.54) is 12.1 Å². The molecule has 2 aliphatic heterocycles. The highest BCUT2D eigenvalue weighted by atomic mass is 19.1. The van der Waals surface area contributed by atoms with E-state index in [1.807, 2.05) is 50.3 Å². The molecule has 1 aromatic heterocycles. The fourth-order valence-electron chi connectivity index (χ4n) is 4.83. The lowest BCUT2D eigenvalue weighted by Crippen LogP contribution is -2.63. The molecular formula is C24H34FN5O2. The van der Waals surface area contributed by atoms with Crippen molar-refractivity contribution in [3.05, 3.63) is 53.9 Å². The minimum absolute atomic E-state index is 0.0434. The van der Waals surface area contributed by atoms with Gasteiger partial charge in [0.15, 0.2) is 0 Å². The Kier molecular flexibility index (Phi) is 6.27. The maximum Gasteiger partial charge on any atom is 0.410 e. The number of hydrogen-bond acceptors (Lipinski definition) is 5. The first kappa shape index (κ1) is 22.7. The molecule has 174 valence electrons. The molecule has 8 heteroatoms. The summed E-state index contributed by atoms with van der Waals surface area (Å²) in [6, 6.07) is 7.11. The Morgan fingerprint density at radius 1 is 1.16 bits per heavy atom. The van der Waals surface area contributed by atoms with E-state index in [0.29, 0.717) is 13.1 Å². The Bertz CT molecular complexity index is 939. The Labute approximate surface area is 189 Å². The third-order valence-electron chi connectivity index (χ3n) is 6.39. The lowest BCUT2D eigenvalue weighted by molar-refractivity contribution is -0.0349. The number of ether oxygens (including phenoxy) is 1. The third kappa shape index (κ3) is 4.81. The standard InChI is InChI=1S/C24H34FN5O2/c1-17(18-6-8-19(25)9-7-18)30-16-26-12-21(30)22-15-27(5)13-20-14-28(10-11-29(20)22)23(31)32-24(2,3)4/h6-9,12,16-17,20,22H,10-11,13-15H2,1-5H3. The monoisotopic (exact) mass is 443 g/mol. The average Bonchev–Trinajstić information content (AvgIpc) is 3.21. The minimum Gasteiger partial charge on any atom is -0.444 e. The number of rotatable bonds is 3. The molecule has 1 amide bonds. The maximum absolute atomic E-state index is 13.4. The zero-order chi connectivity index (χ0) is 23.0. The number of nitrogens with zero attached hydrogens (tertiary/aromatic N) is 5. The molecule has 32 heavy (non-hydrogen) atoms. The van der Waals surface area contributed by atoms with Crippen LogP contribution in [0.25, 0.3) is 0 Å². The van der Waals surface area contributed by atoms with E-state index in [1.54, 1.807) is 0 Å². The molecule has 4 rings (SSSR count). The Morgan fingerprint density at radius 2 is 1.88 bits per heavy atom. The first-order chi connectivity index (χ1) is 15.1. The second-order valence-corrected chi connectivity index (χ2v) is 10.0. The van der Waals surface area contributed by atoms with Gasteiger partial charge < -0.3 is 19.1 Å². The van der Waals surface area contributed by atoms with Crippen molar-refractivity contribution in [1.82, 2.24) is 24.3 Å². The maximum atomic E-state index is 13.4. The highest BCUT2D eigenvalue weighted by molar-refractivity contribution is 5.68. The van der Waals surface area contributed by atoms with Crippen molar-refractivity contribution in [1.29, 1.82) is 0 Å². The van der Waals surface area contributed by atoms with Gasteiger partial charge in [-0.2, -0.15) is 0 Å². The summed E-state index contributed by atoms with van der Waals surface area (Å²) in [5, 5.41) is 0. The molecule has 0 spiro atoms. The van der Waals surface area contributed by atoms with Crippen molar-refractivity contribution >= 4 is 6.09 Å². The molecule has 0 N–H and O–H groups in total. The first-order valence-corrected chi connectivity index (χ1v) is 11.3. The number of likely N-dealkylation sites (N-methyl/N-ethyl adjacent to an activating group) is 1. The van der Waals surface area contributed by atoms with Gasteiger partial charge in [0.05, 0.1) is 24.1 Å². The number of aromatic nitrogens is 2. The predicted octanol–water partition coefficient (Wildman–Crippen LogP) is 3.54. The topological polar surface area (TPSA) is 53.8 Å². The van der Waals surface area contributed by atoms with Crippen LogP contribution in [-0.4, -0.2) is 81.8 Å². The molecule has 2 aliphatic rings. The van der Waals surface area contributed by atoms with Crippen molar-refractivity contribution < 1.29 is 13.9 Å². The number of carbonyl (C=O) groups is 1. The van der Waals surface area contributed by atoms with Crippen LogP contribution in [0.2, 0.25) is 0 Å². The van der Waals surface area contributed by atoms with Gasteiger partial charge >= 0.3 is 6.09 Å².